The van der Waals surface area contributed by atoms with Crippen LogP contribution in [-0.2, 0) is 23.8 Å². The number of esters is 1. The number of allylic oxidation sites excluding steroid dienone is 6. The third kappa shape index (κ3) is 10.4. The maximum atomic E-state index is 13.2. The molecule has 42 heavy (non-hydrogen) atoms. The molecule has 7 unspecified atom stereocenters. The zero-order valence-corrected chi connectivity index (χ0v) is 26.3. The fourth-order valence-corrected chi connectivity index (χ4v) is 6.66. The smallest absolute Gasteiger partial charge is 0.309 e. The van der Waals surface area contributed by atoms with E-state index in [0.29, 0.717) is 12.3 Å². The molecule has 0 aromatic heterocycles. The van der Waals surface area contributed by atoms with Crippen LogP contribution < -0.4 is 0 Å². The Labute approximate surface area is 253 Å². The minimum atomic E-state index is -0.379. The van der Waals surface area contributed by atoms with Crippen molar-refractivity contribution in [2.24, 2.45) is 11.8 Å². The molecule has 232 valence electrons. The summed E-state index contributed by atoms with van der Waals surface area (Å²) in [5.74, 6) is 0.393. The van der Waals surface area contributed by atoms with Crippen LogP contribution >= 0.6 is 0 Å². The van der Waals surface area contributed by atoms with Gasteiger partial charge in [0.15, 0.2) is 0 Å². The lowest BCUT2D eigenvalue weighted by atomic mass is 9.90. The topological polar surface area (TPSA) is 65.1 Å². The van der Waals surface area contributed by atoms with E-state index in [1.807, 2.05) is 42.2 Å². The lowest BCUT2D eigenvalue weighted by Gasteiger charge is -2.37. The molecule has 0 saturated carbocycles. The first-order valence-electron chi connectivity index (χ1n) is 16.4. The molecule has 0 aliphatic carbocycles. The number of hydrogen-bond acceptors (Lipinski definition) is 5. The molecule has 4 aliphatic rings. The van der Waals surface area contributed by atoms with Gasteiger partial charge in [0.1, 0.15) is 6.10 Å². The largest absolute Gasteiger partial charge is 0.457 e. The van der Waals surface area contributed by atoms with Gasteiger partial charge >= 0.3 is 5.97 Å². The molecule has 4 rings (SSSR count). The van der Waals surface area contributed by atoms with E-state index in [4.69, 9.17) is 14.2 Å². The molecule has 4 heterocycles. The van der Waals surface area contributed by atoms with Gasteiger partial charge in [-0.25, -0.2) is 0 Å². The van der Waals surface area contributed by atoms with E-state index < -0.39 is 0 Å². The van der Waals surface area contributed by atoms with Crippen molar-refractivity contribution in [1.82, 2.24) is 4.90 Å². The maximum absolute atomic E-state index is 13.2. The SMILES string of the molecule is CC=C1CC2CC(=O)OC(C=CC=CC=C(C)CC(=O)N3CCCC3)C(C)C=CC(C)CC3CCCC(CC(C1)O2)O3. The summed E-state index contributed by atoms with van der Waals surface area (Å²) in [4.78, 5) is 27.5. The molecule has 0 radical (unpaired) electrons. The number of likely N-dealkylation sites (tertiary alicyclic amines) is 1. The van der Waals surface area contributed by atoms with E-state index in [0.717, 1.165) is 70.0 Å². The van der Waals surface area contributed by atoms with Crippen molar-refractivity contribution in [1.29, 1.82) is 0 Å². The Morgan fingerprint density at radius 1 is 0.905 bits per heavy atom. The molecular formula is C36H53NO5. The Morgan fingerprint density at radius 3 is 2.38 bits per heavy atom. The van der Waals surface area contributed by atoms with Crippen molar-refractivity contribution in [3.8, 4) is 0 Å². The van der Waals surface area contributed by atoms with Gasteiger partial charge in [0.05, 0.1) is 30.8 Å². The average molecular weight is 580 g/mol. The number of fused-ring (bicyclic) bond motifs is 4. The molecule has 7 atom stereocenters. The highest BCUT2D eigenvalue weighted by molar-refractivity contribution is 5.78. The number of amides is 1. The predicted octanol–water partition coefficient (Wildman–Crippen LogP) is 7.41. The molecule has 0 aromatic carbocycles. The molecule has 4 bridgehead atoms. The van der Waals surface area contributed by atoms with Crippen molar-refractivity contribution in [2.45, 2.75) is 129 Å². The lowest BCUT2D eigenvalue weighted by Crippen LogP contribution is -2.37. The van der Waals surface area contributed by atoms with E-state index in [9.17, 15) is 9.59 Å². The predicted molar refractivity (Wildman–Crippen MR) is 168 cm³/mol. The Bertz CT molecular complexity index is 1050. The lowest BCUT2D eigenvalue weighted by molar-refractivity contribution is -0.154. The second-order valence-electron chi connectivity index (χ2n) is 12.9. The van der Waals surface area contributed by atoms with Crippen molar-refractivity contribution < 1.29 is 23.8 Å². The number of cyclic esters (lactones) is 1. The fraction of sp³-hybridized carbons (Fsp3) is 0.667. The Morgan fingerprint density at radius 2 is 1.62 bits per heavy atom. The minimum absolute atomic E-state index is 0.0236. The minimum Gasteiger partial charge on any atom is -0.457 e. The van der Waals surface area contributed by atoms with Crippen LogP contribution in [0.25, 0.3) is 0 Å². The molecule has 4 aliphatic heterocycles. The van der Waals surface area contributed by atoms with Crippen molar-refractivity contribution >= 4 is 11.9 Å². The van der Waals surface area contributed by atoms with Crippen molar-refractivity contribution in [3.05, 3.63) is 59.8 Å². The van der Waals surface area contributed by atoms with Gasteiger partial charge in [-0.05, 0) is 77.2 Å². The normalized spacial score (nSPS) is 34.8. The van der Waals surface area contributed by atoms with Gasteiger partial charge in [-0.15, -0.1) is 0 Å². The highest BCUT2D eigenvalue weighted by Gasteiger charge is 2.32. The van der Waals surface area contributed by atoms with Gasteiger partial charge in [-0.1, -0.05) is 67.5 Å². The van der Waals surface area contributed by atoms with Gasteiger partial charge < -0.3 is 19.1 Å². The van der Waals surface area contributed by atoms with E-state index >= 15 is 0 Å². The van der Waals surface area contributed by atoms with Crippen LogP contribution in [0.1, 0.15) is 98.3 Å². The summed E-state index contributed by atoms with van der Waals surface area (Å²) in [5.41, 5.74) is 2.40. The molecule has 6 heteroatoms. The van der Waals surface area contributed by atoms with Crippen LogP contribution in [0.4, 0.5) is 0 Å². The monoisotopic (exact) mass is 579 g/mol. The molecule has 6 nitrogen and oxygen atoms in total. The number of ether oxygens (including phenoxy) is 3. The van der Waals surface area contributed by atoms with Crippen LogP contribution in [0.15, 0.2) is 59.8 Å². The average Bonchev–Trinajstić information content (AvgIpc) is 3.50. The molecule has 1 amide bonds. The van der Waals surface area contributed by atoms with Crippen LogP contribution in [-0.4, -0.2) is 60.4 Å². The van der Waals surface area contributed by atoms with Crippen LogP contribution in [0, 0.1) is 11.8 Å². The zero-order chi connectivity index (χ0) is 29.9. The number of carbonyl (C=O) groups excluding carboxylic acids is 2. The van der Waals surface area contributed by atoms with Gasteiger partial charge in [0.2, 0.25) is 5.91 Å². The summed E-state index contributed by atoms with van der Waals surface area (Å²) >= 11 is 0. The van der Waals surface area contributed by atoms with Crippen molar-refractivity contribution in [3.63, 3.8) is 0 Å². The number of rotatable bonds is 5. The summed E-state index contributed by atoms with van der Waals surface area (Å²) in [7, 11) is 0. The Hall–Kier alpha value is -2.44. The standard InChI is InChI=1S/C36H53NO5/c1-5-29-22-32-24-31-14-11-13-30(40-31)20-27(3)16-17-28(4)34(42-36(39)25-33(23-29)41-32)15-8-6-7-12-26(2)21-35(38)37-18-9-10-19-37/h5-8,12,15-17,27-28,30-34H,9-11,13-14,18-25H2,1-4H3. The number of nitrogens with zero attached hydrogens (tertiary/aromatic N) is 1. The van der Waals surface area contributed by atoms with Crippen LogP contribution in [0.3, 0.4) is 0 Å². The molecule has 0 spiro atoms. The van der Waals surface area contributed by atoms with Gasteiger partial charge in [0.25, 0.3) is 0 Å². The first-order valence-corrected chi connectivity index (χ1v) is 16.4. The first-order chi connectivity index (χ1) is 20.3. The molecule has 3 saturated heterocycles. The van der Waals surface area contributed by atoms with E-state index in [2.05, 4.69) is 39.0 Å². The highest BCUT2D eigenvalue weighted by atomic mass is 16.5. The van der Waals surface area contributed by atoms with E-state index in [1.54, 1.807) is 0 Å². The number of hydrogen-bond donors (Lipinski definition) is 0. The molecule has 0 N–H and O–H groups in total. The molecule has 3 fully saturated rings. The molecular weight excluding hydrogens is 526 g/mol. The zero-order valence-electron chi connectivity index (χ0n) is 26.3. The van der Waals surface area contributed by atoms with Gasteiger partial charge in [-0.2, -0.15) is 0 Å². The summed E-state index contributed by atoms with van der Waals surface area (Å²) < 4.78 is 19.1. The van der Waals surface area contributed by atoms with E-state index in [1.165, 1.54) is 12.0 Å². The third-order valence-corrected chi connectivity index (χ3v) is 9.09. The summed E-state index contributed by atoms with van der Waals surface area (Å²) in [6, 6.07) is 0. The highest BCUT2D eigenvalue weighted by Crippen LogP contribution is 2.33. The van der Waals surface area contributed by atoms with Crippen LogP contribution in [0.2, 0.25) is 0 Å². The second kappa shape index (κ2) is 16.4. The van der Waals surface area contributed by atoms with Crippen LogP contribution in [0.5, 0.6) is 0 Å². The van der Waals surface area contributed by atoms with Gasteiger partial charge in [0, 0.05) is 31.8 Å². The molecule has 0 aromatic rings. The van der Waals surface area contributed by atoms with Gasteiger partial charge in [-0.3, -0.25) is 9.59 Å². The fourth-order valence-electron chi connectivity index (χ4n) is 6.66. The Balaban J connectivity index is 1.43. The Kier molecular flexibility index (Phi) is 12.7. The second-order valence-corrected chi connectivity index (χ2v) is 12.9. The summed E-state index contributed by atoms with van der Waals surface area (Å²) in [5, 5.41) is 0. The quantitative estimate of drug-likeness (QED) is 0.193. The summed E-state index contributed by atoms with van der Waals surface area (Å²) in [6.07, 6.45) is 26.4. The van der Waals surface area contributed by atoms with Crippen molar-refractivity contribution in [2.75, 3.05) is 13.1 Å². The first kappa shape index (κ1) is 32.5. The third-order valence-electron chi connectivity index (χ3n) is 9.09. The number of carbonyl (C=O) groups is 2. The summed E-state index contributed by atoms with van der Waals surface area (Å²) in [6.45, 7) is 10.2. The van der Waals surface area contributed by atoms with E-state index in [-0.39, 0.29) is 54.7 Å². The maximum Gasteiger partial charge on any atom is 0.309 e.